The molecule has 160 valence electrons. The third kappa shape index (κ3) is 4.75. The summed E-state index contributed by atoms with van der Waals surface area (Å²) in [5.74, 6) is -0.324. The van der Waals surface area contributed by atoms with Crippen molar-refractivity contribution < 1.29 is 14.4 Å². The Bertz CT molecular complexity index is 1150. The molecule has 8 heteroatoms. The van der Waals surface area contributed by atoms with Crippen molar-refractivity contribution in [1.82, 2.24) is 14.8 Å². The Morgan fingerprint density at radius 1 is 1.16 bits per heavy atom. The zero-order valence-corrected chi connectivity index (χ0v) is 18.8. The second-order valence-corrected chi connectivity index (χ2v) is 9.30. The molecule has 6 nitrogen and oxygen atoms in total. The number of para-hydroxylation sites is 1. The highest BCUT2D eigenvalue weighted by atomic mass is 32.2. The summed E-state index contributed by atoms with van der Waals surface area (Å²) in [7, 11) is 0. The van der Waals surface area contributed by atoms with Crippen LogP contribution in [0.4, 0.5) is 4.79 Å². The minimum atomic E-state index is -0.242. The van der Waals surface area contributed by atoms with E-state index in [9.17, 15) is 14.4 Å². The van der Waals surface area contributed by atoms with E-state index in [1.54, 1.807) is 17.4 Å². The number of amides is 3. The molecule has 3 amide bonds. The van der Waals surface area contributed by atoms with Crippen LogP contribution in [0.5, 0.6) is 0 Å². The lowest BCUT2D eigenvalue weighted by Crippen LogP contribution is -2.29. The molecule has 0 atom stereocenters. The Balaban J connectivity index is 1.55. The van der Waals surface area contributed by atoms with Gasteiger partial charge in [-0.15, -0.1) is 11.3 Å². The second-order valence-electron chi connectivity index (χ2n) is 7.27. The summed E-state index contributed by atoms with van der Waals surface area (Å²) >= 11 is 2.58. The zero-order valence-electron chi connectivity index (χ0n) is 17.2. The van der Waals surface area contributed by atoms with Gasteiger partial charge in [-0.3, -0.25) is 19.3 Å². The number of thiophene rings is 1. The summed E-state index contributed by atoms with van der Waals surface area (Å²) in [5.41, 5.74) is 1.73. The van der Waals surface area contributed by atoms with E-state index < -0.39 is 0 Å². The van der Waals surface area contributed by atoms with E-state index in [-0.39, 0.29) is 23.6 Å². The Hall–Kier alpha value is -2.84. The number of hydrogen-bond acceptors (Lipinski definition) is 5. The minimum absolute atomic E-state index is 0.0828. The van der Waals surface area contributed by atoms with E-state index in [0.29, 0.717) is 18.0 Å². The molecule has 1 aliphatic rings. The van der Waals surface area contributed by atoms with Crippen molar-refractivity contribution in [2.75, 3.05) is 6.54 Å². The predicted octanol–water partition coefficient (Wildman–Crippen LogP) is 4.86. The van der Waals surface area contributed by atoms with Gasteiger partial charge in [-0.25, -0.2) is 0 Å². The Kier molecular flexibility index (Phi) is 6.58. The monoisotopic (exact) mass is 453 g/mol. The number of hydrogen-bond donors (Lipinski definition) is 1. The van der Waals surface area contributed by atoms with Crippen LogP contribution >= 0.6 is 23.1 Å². The van der Waals surface area contributed by atoms with Gasteiger partial charge in [0, 0.05) is 34.1 Å². The number of rotatable bonds is 8. The number of nitrogens with zero attached hydrogens (tertiary/aromatic N) is 2. The van der Waals surface area contributed by atoms with Crippen molar-refractivity contribution in [3.8, 4) is 0 Å². The third-order valence-corrected chi connectivity index (χ3v) is 6.85. The summed E-state index contributed by atoms with van der Waals surface area (Å²) in [6.45, 7) is 3.16. The van der Waals surface area contributed by atoms with Gasteiger partial charge in [0.15, 0.2) is 0 Å². The molecule has 1 fully saturated rings. The molecule has 0 spiro atoms. The van der Waals surface area contributed by atoms with Crippen LogP contribution in [0.25, 0.3) is 17.0 Å². The maximum absolute atomic E-state index is 12.7. The van der Waals surface area contributed by atoms with E-state index in [1.165, 1.54) is 4.90 Å². The minimum Gasteiger partial charge on any atom is -0.350 e. The van der Waals surface area contributed by atoms with Gasteiger partial charge in [0.25, 0.3) is 11.1 Å². The molecule has 0 aliphatic carbocycles. The van der Waals surface area contributed by atoms with Gasteiger partial charge < -0.3 is 9.88 Å². The molecular formula is C23H23N3O3S2. The van der Waals surface area contributed by atoms with Crippen molar-refractivity contribution in [2.45, 2.75) is 32.9 Å². The molecule has 1 N–H and O–H groups in total. The molecule has 1 aromatic carbocycles. The molecule has 0 saturated carbocycles. The number of benzene rings is 1. The van der Waals surface area contributed by atoms with Crippen molar-refractivity contribution in [2.24, 2.45) is 0 Å². The molecule has 0 bridgehead atoms. The van der Waals surface area contributed by atoms with Crippen LogP contribution in [0.15, 0.2) is 52.9 Å². The lowest BCUT2D eigenvalue weighted by Gasteiger charge is -2.10. The first-order valence-corrected chi connectivity index (χ1v) is 11.9. The molecular weight excluding hydrogens is 430 g/mol. The maximum atomic E-state index is 12.7. The average molecular weight is 454 g/mol. The molecule has 3 heterocycles. The van der Waals surface area contributed by atoms with E-state index in [2.05, 4.69) is 5.32 Å². The normalized spacial score (nSPS) is 15.4. The van der Waals surface area contributed by atoms with E-state index in [0.717, 1.165) is 45.9 Å². The molecule has 0 unspecified atom stereocenters. The predicted molar refractivity (Wildman–Crippen MR) is 126 cm³/mol. The van der Waals surface area contributed by atoms with Gasteiger partial charge in [0.1, 0.15) is 6.54 Å². The lowest BCUT2D eigenvalue weighted by molar-refractivity contribution is -0.123. The summed E-state index contributed by atoms with van der Waals surface area (Å²) < 4.78 is 1.88. The van der Waals surface area contributed by atoms with Crippen LogP contribution < -0.4 is 5.32 Å². The second kappa shape index (κ2) is 9.53. The van der Waals surface area contributed by atoms with Gasteiger partial charge in [0.05, 0.1) is 11.4 Å². The Morgan fingerprint density at radius 2 is 2.00 bits per heavy atom. The molecule has 31 heavy (non-hydrogen) atoms. The molecule has 0 radical (unpaired) electrons. The van der Waals surface area contributed by atoms with Crippen LogP contribution in [0, 0.1) is 0 Å². The SMILES string of the molecule is CCCCN1C(=O)S/C(=C\c2cn(CC(=O)NCc3cccs3)c3ccccc23)C1=O. The Labute approximate surface area is 188 Å². The fraction of sp³-hybridized carbons (Fsp3) is 0.261. The van der Waals surface area contributed by atoms with Crippen LogP contribution in [0.3, 0.4) is 0 Å². The third-order valence-electron chi connectivity index (χ3n) is 5.07. The van der Waals surface area contributed by atoms with Gasteiger partial charge in [-0.2, -0.15) is 0 Å². The summed E-state index contributed by atoms with van der Waals surface area (Å²) in [6.07, 6.45) is 5.35. The van der Waals surface area contributed by atoms with Crippen molar-refractivity contribution >= 4 is 57.1 Å². The quantitative estimate of drug-likeness (QED) is 0.495. The molecule has 1 aliphatic heterocycles. The van der Waals surface area contributed by atoms with Crippen LogP contribution in [0.2, 0.25) is 0 Å². The van der Waals surface area contributed by atoms with E-state index in [4.69, 9.17) is 0 Å². The molecule has 4 rings (SSSR count). The number of unbranched alkanes of at least 4 members (excludes halogenated alkanes) is 1. The Morgan fingerprint density at radius 3 is 2.77 bits per heavy atom. The van der Waals surface area contributed by atoms with Crippen LogP contribution in [-0.2, 0) is 22.7 Å². The molecule has 3 aromatic rings. The van der Waals surface area contributed by atoms with Crippen LogP contribution in [0.1, 0.15) is 30.2 Å². The smallest absolute Gasteiger partial charge is 0.293 e. The number of nitrogens with one attached hydrogen (secondary N) is 1. The maximum Gasteiger partial charge on any atom is 0.293 e. The summed E-state index contributed by atoms with van der Waals surface area (Å²) in [4.78, 5) is 40.3. The fourth-order valence-electron chi connectivity index (χ4n) is 3.48. The highest BCUT2D eigenvalue weighted by Crippen LogP contribution is 2.34. The highest BCUT2D eigenvalue weighted by Gasteiger charge is 2.34. The molecule has 1 saturated heterocycles. The van der Waals surface area contributed by atoms with Crippen molar-refractivity contribution in [3.63, 3.8) is 0 Å². The summed E-state index contributed by atoms with van der Waals surface area (Å²) in [5, 5.41) is 5.65. The van der Waals surface area contributed by atoms with Crippen molar-refractivity contribution in [3.05, 3.63) is 63.3 Å². The number of thioether (sulfide) groups is 1. The van der Waals surface area contributed by atoms with Crippen molar-refractivity contribution in [1.29, 1.82) is 0 Å². The van der Waals surface area contributed by atoms with Gasteiger partial charge in [-0.1, -0.05) is 37.6 Å². The first-order valence-electron chi connectivity index (χ1n) is 10.2. The average Bonchev–Trinajstić information content (AvgIpc) is 3.46. The number of imide groups is 1. The van der Waals surface area contributed by atoms with Gasteiger partial charge >= 0.3 is 0 Å². The highest BCUT2D eigenvalue weighted by molar-refractivity contribution is 8.18. The lowest BCUT2D eigenvalue weighted by atomic mass is 10.1. The largest absolute Gasteiger partial charge is 0.350 e. The first-order chi connectivity index (χ1) is 15.1. The number of carbonyl (C=O) groups excluding carboxylic acids is 3. The zero-order chi connectivity index (χ0) is 21.8. The van der Waals surface area contributed by atoms with Gasteiger partial charge in [-0.05, 0) is 41.8 Å². The molecule has 2 aromatic heterocycles. The van der Waals surface area contributed by atoms with E-state index >= 15 is 0 Å². The standard InChI is InChI=1S/C23H23N3O3S2/c1-2-3-10-26-22(28)20(31-23(26)29)12-16-14-25(19-9-5-4-8-18(16)19)15-21(27)24-13-17-7-6-11-30-17/h4-9,11-12,14H,2-3,10,13,15H2,1H3,(H,24,27)/b20-12-. The van der Waals surface area contributed by atoms with Crippen LogP contribution in [-0.4, -0.2) is 33.1 Å². The van der Waals surface area contributed by atoms with Gasteiger partial charge in [0.2, 0.25) is 5.91 Å². The number of fused-ring (bicyclic) bond motifs is 1. The first kappa shape index (κ1) is 21.4. The fourth-order valence-corrected chi connectivity index (χ4v) is 4.98. The van der Waals surface area contributed by atoms with E-state index in [1.807, 2.05) is 59.5 Å². The summed E-state index contributed by atoms with van der Waals surface area (Å²) in [6, 6.07) is 11.7. The number of carbonyl (C=O) groups is 3. The topological polar surface area (TPSA) is 71.4 Å². The number of aromatic nitrogens is 1.